The maximum absolute atomic E-state index is 11.9. The molecule has 0 aliphatic carbocycles. The van der Waals surface area contributed by atoms with E-state index in [1.807, 2.05) is 36.1 Å². The van der Waals surface area contributed by atoms with Gasteiger partial charge in [-0.05, 0) is 30.4 Å². The number of rotatable bonds is 5. The van der Waals surface area contributed by atoms with Gasteiger partial charge in [-0.15, -0.1) is 0 Å². The van der Waals surface area contributed by atoms with Gasteiger partial charge in [0.25, 0.3) is 0 Å². The predicted molar refractivity (Wildman–Crippen MR) is 97.1 cm³/mol. The second-order valence-corrected chi connectivity index (χ2v) is 6.76. The van der Waals surface area contributed by atoms with Crippen LogP contribution in [0, 0.1) is 5.92 Å². The molecule has 0 unspecified atom stereocenters. The number of nitrogens with one attached hydrogen (secondary N) is 2. The standard InChI is InChI=1S/C18H26N6O/c1-14-5-7-24(8-6-14)17-4-3-15(9-19-17)10-20-18(25)21-11-16-12-23(2)13-22-16/h3-4,9,12-14H,5-8,10-11H2,1-2H3,(H2,20,21,25). The molecule has 0 saturated carbocycles. The maximum atomic E-state index is 11.9. The number of urea groups is 1. The number of imidazole rings is 1. The minimum atomic E-state index is -0.209. The number of aromatic nitrogens is 3. The monoisotopic (exact) mass is 342 g/mol. The van der Waals surface area contributed by atoms with Crippen molar-refractivity contribution in [3.63, 3.8) is 0 Å². The molecule has 2 aromatic rings. The van der Waals surface area contributed by atoms with E-state index in [4.69, 9.17) is 0 Å². The average Bonchev–Trinajstić information content (AvgIpc) is 3.05. The van der Waals surface area contributed by atoms with E-state index in [0.29, 0.717) is 13.1 Å². The first-order chi connectivity index (χ1) is 12.1. The van der Waals surface area contributed by atoms with Gasteiger partial charge in [0.1, 0.15) is 5.82 Å². The molecular weight excluding hydrogens is 316 g/mol. The molecular formula is C18H26N6O. The lowest BCUT2D eigenvalue weighted by Crippen LogP contribution is -2.35. The molecule has 2 amide bonds. The fraction of sp³-hybridized carbons (Fsp3) is 0.500. The molecule has 2 aromatic heterocycles. The van der Waals surface area contributed by atoms with Gasteiger partial charge >= 0.3 is 6.03 Å². The summed E-state index contributed by atoms with van der Waals surface area (Å²) in [6.45, 7) is 5.32. The smallest absolute Gasteiger partial charge is 0.315 e. The molecule has 1 fully saturated rings. The summed E-state index contributed by atoms with van der Waals surface area (Å²) in [4.78, 5) is 22.9. The Labute approximate surface area is 148 Å². The number of carbonyl (C=O) groups is 1. The van der Waals surface area contributed by atoms with Gasteiger partial charge in [-0.1, -0.05) is 13.0 Å². The van der Waals surface area contributed by atoms with E-state index in [-0.39, 0.29) is 6.03 Å². The fourth-order valence-electron chi connectivity index (χ4n) is 2.92. The Morgan fingerprint density at radius 2 is 1.96 bits per heavy atom. The van der Waals surface area contributed by atoms with Crippen molar-refractivity contribution in [3.8, 4) is 0 Å². The first-order valence-corrected chi connectivity index (χ1v) is 8.78. The SMILES string of the molecule is CC1CCN(c2ccc(CNC(=O)NCc3cn(C)cn3)cn2)CC1. The van der Waals surface area contributed by atoms with Crippen LogP contribution in [0.2, 0.25) is 0 Å². The molecule has 0 spiro atoms. The minimum Gasteiger partial charge on any atom is -0.357 e. The number of hydrogen-bond acceptors (Lipinski definition) is 4. The molecule has 2 N–H and O–H groups in total. The molecule has 134 valence electrons. The van der Waals surface area contributed by atoms with Gasteiger partial charge in [0.2, 0.25) is 0 Å². The lowest BCUT2D eigenvalue weighted by Gasteiger charge is -2.31. The van der Waals surface area contributed by atoms with Gasteiger partial charge in [-0.2, -0.15) is 0 Å². The van der Waals surface area contributed by atoms with Crippen LogP contribution < -0.4 is 15.5 Å². The van der Waals surface area contributed by atoms with E-state index in [9.17, 15) is 4.79 Å². The maximum Gasteiger partial charge on any atom is 0.315 e. The van der Waals surface area contributed by atoms with Gasteiger partial charge in [0.15, 0.2) is 0 Å². The first kappa shape index (κ1) is 17.3. The van der Waals surface area contributed by atoms with E-state index in [1.54, 1.807) is 6.33 Å². The molecule has 0 aromatic carbocycles. The highest BCUT2D eigenvalue weighted by atomic mass is 16.2. The van der Waals surface area contributed by atoms with Gasteiger partial charge in [0, 0.05) is 39.1 Å². The molecule has 7 nitrogen and oxygen atoms in total. The number of piperidine rings is 1. The minimum absolute atomic E-state index is 0.209. The Hall–Kier alpha value is -2.57. The molecule has 3 rings (SSSR count). The highest BCUT2D eigenvalue weighted by Gasteiger charge is 2.16. The van der Waals surface area contributed by atoms with Crippen molar-refractivity contribution in [3.05, 3.63) is 42.1 Å². The molecule has 0 atom stereocenters. The number of nitrogens with zero attached hydrogens (tertiary/aromatic N) is 4. The van der Waals surface area contributed by atoms with Crippen LogP contribution in [0.5, 0.6) is 0 Å². The van der Waals surface area contributed by atoms with Crippen LogP contribution in [0.1, 0.15) is 31.0 Å². The Balaban J connectivity index is 1.42. The van der Waals surface area contributed by atoms with Gasteiger partial charge in [0.05, 0.1) is 18.6 Å². The van der Waals surface area contributed by atoms with Crippen LogP contribution in [0.15, 0.2) is 30.9 Å². The van der Waals surface area contributed by atoms with Crippen LogP contribution in [0.3, 0.4) is 0 Å². The number of amides is 2. The molecule has 3 heterocycles. The lowest BCUT2D eigenvalue weighted by molar-refractivity contribution is 0.240. The summed E-state index contributed by atoms with van der Waals surface area (Å²) < 4.78 is 1.85. The van der Waals surface area contributed by atoms with E-state index >= 15 is 0 Å². The van der Waals surface area contributed by atoms with Crippen molar-refractivity contribution in [2.45, 2.75) is 32.9 Å². The molecule has 7 heteroatoms. The van der Waals surface area contributed by atoms with E-state index in [0.717, 1.165) is 36.1 Å². The van der Waals surface area contributed by atoms with E-state index in [1.165, 1.54) is 12.8 Å². The van der Waals surface area contributed by atoms with E-state index < -0.39 is 0 Å². The molecule has 1 saturated heterocycles. The normalized spacial score (nSPS) is 15.2. The van der Waals surface area contributed by atoms with E-state index in [2.05, 4.69) is 32.4 Å². The summed E-state index contributed by atoms with van der Waals surface area (Å²) in [5.41, 5.74) is 1.82. The summed E-state index contributed by atoms with van der Waals surface area (Å²) in [7, 11) is 1.90. The second-order valence-electron chi connectivity index (χ2n) is 6.76. The summed E-state index contributed by atoms with van der Waals surface area (Å²) in [5, 5.41) is 5.64. The highest BCUT2D eigenvalue weighted by molar-refractivity contribution is 5.73. The largest absolute Gasteiger partial charge is 0.357 e. The number of anilines is 1. The number of hydrogen-bond donors (Lipinski definition) is 2. The predicted octanol–water partition coefficient (Wildman–Crippen LogP) is 2.05. The van der Waals surface area contributed by atoms with Crippen LogP contribution in [0.25, 0.3) is 0 Å². The Kier molecular flexibility index (Phi) is 5.53. The van der Waals surface area contributed by atoms with Crippen molar-refractivity contribution >= 4 is 11.8 Å². The Bertz CT molecular complexity index is 688. The topological polar surface area (TPSA) is 75.1 Å². The summed E-state index contributed by atoms with van der Waals surface area (Å²) in [6.07, 6.45) is 7.88. The van der Waals surface area contributed by atoms with Crippen molar-refractivity contribution in [2.24, 2.45) is 13.0 Å². The molecule has 1 aliphatic heterocycles. The number of pyridine rings is 1. The third-order valence-corrected chi connectivity index (χ3v) is 4.56. The van der Waals surface area contributed by atoms with Crippen molar-refractivity contribution in [1.82, 2.24) is 25.2 Å². The summed E-state index contributed by atoms with van der Waals surface area (Å²) in [5.74, 6) is 1.83. The second kappa shape index (κ2) is 8.00. The lowest BCUT2D eigenvalue weighted by atomic mass is 9.99. The van der Waals surface area contributed by atoms with Gasteiger partial charge in [-0.3, -0.25) is 0 Å². The van der Waals surface area contributed by atoms with Crippen molar-refractivity contribution in [2.75, 3.05) is 18.0 Å². The molecule has 0 radical (unpaired) electrons. The first-order valence-electron chi connectivity index (χ1n) is 8.78. The van der Waals surface area contributed by atoms with Gasteiger partial charge in [-0.25, -0.2) is 14.8 Å². The van der Waals surface area contributed by atoms with Crippen LogP contribution in [-0.4, -0.2) is 33.7 Å². The van der Waals surface area contributed by atoms with Crippen LogP contribution >= 0.6 is 0 Å². The van der Waals surface area contributed by atoms with Crippen LogP contribution in [0.4, 0.5) is 10.6 Å². The summed E-state index contributed by atoms with van der Waals surface area (Å²) in [6, 6.07) is 3.86. The quantitative estimate of drug-likeness (QED) is 0.872. The fourth-order valence-corrected chi connectivity index (χ4v) is 2.92. The zero-order valence-corrected chi connectivity index (χ0v) is 14.9. The molecule has 25 heavy (non-hydrogen) atoms. The van der Waals surface area contributed by atoms with Crippen LogP contribution in [-0.2, 0) is 20.1 Å². The molecule has 1 aliphatic rings. The van der Waals surface area contributed by atoms with Gasteiger partial charge < -0.3 is 20.1 Å². The Morgan fingerprint density at radius 3 is 2.60 bits per heavy atom. The van der Waals surface area contributed by atoms with Crippen molar-refractivity contribution in [1.29, 1.82) is 0 Å². The third-order valence-electron chi connectivity index (χ3n) is 4.56. The van der Waals surface area contributed by atoms with Crippen molar-refractivity contribution < 1.29 is 4.79 Å². The molecule has 0 bridgehead atoms. The third kappa shape index (κ3) is 4.95. The highest BCUT2D eigenvalue weighted by Crippen LogP contribution is 2.21. The zero-order valence-electron chi connectivity index (χ0n) is 14.9. The Morgan fingerprint density at radius 1 is 1.20 bits per heavy atom. The average molecular weight is 342 g/mol. The summed E-state index contributed by atoms with van der Waals surface area (Å²) >= 11 is 0. The number of carbonyl (C=O) groups excluding carboxylic acids is 1. The zero-order chi connectivity index (χ0) is 17.6. The number of aryl methyl sites for hydroxylation is 1.